The minimum absolute atomic E-state index is 0.112. The minimum atomic E-state index is -0.356. The summed E-state index contributed by atoms with van der Waals surface area (Å²) in [6, 6.07) is 6.70. The van der Waals surface area contributed by atoms with Gasteiger partial charge in [-0.05, 0) is 37.6 Å². The molecule has 0 saturated carbocycles. The molecule has 0 bridgehead atoms. The number of rotatable bonds is 11. The van der Waals surface area contributed by atoms with E-state index in [1.54, 1.807) is 31.2 Å². The zero-order valence-corrected chi connectivity index (χ0v) is 15.9. The van der Waals surface area contributed by atoms with Crippen LogP contribution in [0.3, 0.4) is 0 Å². The maximum Gasteiger partial charge on any atom is 0.307 e. The van der Waals surface area contributed by atoms with E-state index in [-0.39, 0.29) is 37.4 Å². The Hall–Kier alpha value is -2.28. The highest BCUT2D eigenvalue weighted by Crippen LogP contribution is 2.15. The second-order valence-electron chi connectivity index (χ2n) is 5.51. The van der Waals surface area contributed by atoms with Gasteiger partial charge in [-0.15, -0.1) is 0 Å². The Bertz CT molecular complexity index is 592. The first kappa shape index (κ1) is 21.8. The third-order valence-electron chi connectivity index (χ3n) is 3.40. The van der Waals surface area contributed by atoms with Crippen molar-refractivity contribution in [3.8, 4) is 5.75 Å². The molecule has 0 radical (unpaired) electrons. The van der Waals surface area contributed by atoms with Crippen molar-refractivity contribution in [3.63, 3.8) is 0 Å². The second-order valence-corrected chi connectivity index (χ2v) is 5.95. The normalized spacial score (nSPS) is 10.1. The Morgan fingerprint density at radius 1 is 1.15 bits per heavy atom. The molecule has 2 amide bonds. The van der Waals surface area contributed by atoms with Crippen LogP contribution in [0.4, 0.5) is 0 Å². The zero-order chi connectivity index (χ0) is 19.4. The van der Waals surface area contributed by atoms with Crippen LogP contribution in [-0.4, -0.2) is 55.5 Å². The van der Waals surface area contributed by atoms with Gasteiger partial charge < -0.3 is 19.7 Å². The maximum atomic E-state index is 12.4. The zero-order valence-electron chi connectivity index (χ0n) is 15.1. The van der Waals surface area contributed by atoms with Crippen LogP contribution in [0.15, 0.2) is 24.3 Å². The number of nitrogens with zero attached hydrogens (tertiary/aromatic N) is 1. The predicted octanol–water partition coefficient (Wildman–Crippen LogP) is 2.03. The van der Waals surface area contributed by atoms with Crippen molar-refractivity contribution in [1.29, 1.82) is 0 Å². The lowest BCUT2D eigenvalue weighted by molar-refractivity contribution is -0.144. The highest BCUT2D eigenvalue weighted by atomic mass is 35.5. The second kappa shape index (κ2) is 12.1. The number of hydrogen-bond acceptors (Lipinski definition) is 5. The monoisotopic (exact) mass is 384 g/mol. The topological polar surface area (TPSA) is 84.9 Å². The highest BCUT2D eigenvalue weighted by molar-refractivity contribution is 6.30. The average Bonchev–Trinajstić information content (AvgIpc) is 2.60. The Morgan fingerprint density at radius 2 is 1.85 bits per heavy atom. The van der Waals surface area contributed by atoms with Crippen LogP contribution < -0.4 is 10.1 Å². The summed E-state index contributed by atoms with van der Waals surface area (Å²) in [4.78, 5) is 36.4. The summed E-state index contributed by atoms with van der Waals surface area (Å²) in [5, 5.41) is 3.26. The fourth-order valence-corrected chi connectivity index (χ4v) is 2.25. The van der Waals surface area contributed by atoms with Gasteiger partial charge in [-0.1, -0.05) is 11.6 Å². The van der Waals surface area contributed by atoms with Gasteiger partial charge in [0, 0.05) is 31.6 Å². The molecule has 0 spiro atoms. The largest absolute Gasteiger partial charge is 0.484 e. The van der Waals surface area contributed by atoms with Gasteiger partial charge in [0.25, 0.3) is 5.91 Å². The van der Waals surface area contributed by atoms with Crippen molar-refractivity contribution in [2.24, 2.45) is 0 Å². The summed E-state index contributed by atoms with van der Waals surface area (Å²) in [6.07, 6.45) is 0.690. The Morgan fingerprint density at radius 3 is 2.46 bits per heavy atom. The van der Waals surface area contributed by atoms with E-state index in [1.807, 2.05) is 0 Å². The SMILES string of the molecule is CCOC(=O)CCN(CCCNC(C)=O)C(=O)COc1ccc(Cl)cc1. The summed E-state index contributed by atoms with van der Waals surface area (Å²) in [5.74, 6) is -0.190. The van der Waals surface area contributed by atoms with Crippen LogP contribution in [0.25, 0.3) is 0 Å². The molecule has 0 saturated heterocycles. The van der Waals surface area contributed by atoms with E-state index in [2.05, 4.69) is 5.32 Å². The van der Waals surface area contributed by atoms with Gasteiger partial charge >= 0.3 is 5.97 Å². The molecule has 26 heavy (non-hydrogen) atoms. The first-order chi connectivity index (χ1) is 12.4. The van der Waals surface area contributed by atoms with E-state index < -0.39 is 0 Å². The number of nitrogens with one attached hydrogen (secondary N) is 1. The average molecular weight is 385 g/mol. The highest BCUT2D eigenvalue weighted by Gasteiger charge is 2.16. The van der Waals surface area contributed by atoms with Gasteiger partial charge in [0.05, 0.1) is 13.0 Å². The smallest absolute Gasteiger partial charge is 0.307 e. The third-order valence-corrected chi connectivity index (χ3v) is 3.65. The summed E-state index contributed by atoms with van der Waals surface area (Å²) in [7, 11) is 0. The Labute approximate surface area is 158 Å². The molecule has 0 aliphatic rings. The molecular formula is C18H25ClN2O5. The Kier molecular flexibility index (Phi) is 10.2. The van der Waals surface area contributed by atoms with Gasteiger partial charge in [-0.25, -0.2) is 0 Å². The molecule has 0 aliphatic heterocycles. The summed E-state index contributed by atoms with van der Waals surface area (Å²) in [5.41, 5.74) is 0. The van der Waals surface area contributed by atoms with E-state index in [0.29, 0.717) is 36.9 Å². The molecule has 0 atom stereocenters. The molecule has 1 aromatic carbocycles. The summed E-state index contributed by atoms with van der Waals surface area (Å²) < 4.78 is 10.4. The van der Waals surface area contributed by atoms with Crippen molar-refractivity contribution in [2.75, 3.05) is 32.8 Å². The maximum absolute atomic E-state index is 12.4. The number of carbonyl (C=O) groups is 3. The van der Waals surface area contributed by atoms with E-state index in [1.165, 1.54) is 11.8 Å². The molecule has 7 nitrogen and oxygen atoms in total. The molecule has 0 unspecified atom stereocenters. The van der Waals surface area contributed by atoms with E-state index in [4.69, 9.17) is 21.1 Å². The van der Waals surface area contributed by atoms with Crippen LogP contribution in [0, 0.1) is 0 Å². The van der Waals surface area contributed by atoms with Crippen LogP contribution >= 0.6 is 11.6 Å². The van der Waals surface area contributed by atoms with Gasteiger partial charge in [0.1, 0.15) is 5.75 Å². The molecule has 1 N–H and O–H groups in total. The van der Waals surface area contributed by atoms with Crippen LogP contribution in [0.1, 0.15) is 26.7 Å². The van der Waals surface area contributed by atoms with Crippen molar-refractivity contribution in [2.45, 2.75) is 26.7 Å². The number of halogens is 1. The van der Waals surface area contributed by atoms with E-state index in [9.17, 15) is 14.4 Å². The fourth-order valence-electron chi connectivity index (χ4n) is 2.12. The number of amides is 2. The number of esters is 1. The lowest BCUT2D eigenvalue weighted by atomic mass is 10.3. The van der Waals surface area contributed by atoms with Gasteiger partial charge in [0.2, 0.25) is 5.91 Å². The van der Waals surface area contributed by atoms with Gasteiger partial charge in [0.15, 0.2) is 6.61 Å². The number of hydrogen-bond donors (Lipinski definition) is 1. The Balaban J connectivity index is 2.53. The first-order valence-electron chi connectivity index (χ1n) is 8.48. The van der Waals surface area contributed by atoms with Crippen molar-refractivity contribution in [1.82, 2.24) is 10.2 Å². The molecular weight excluding hydrogens is 360 g/mol. The van der Waals surface area contributed by atoms with E-state index >= 15 is 0 Å². The lowest BCUT2D eigenvalue weighted by Gasteiger charge is -2.22. The fraction of sp³-hybridized carbons (Fsp3) is 0.500. The van der Waals surface area contributed by atoms with Crippen molar-refractivity contribution >= 4 is 29.4 Å². The molecule has 0 aromatic heterocycles. The third kappa shape index (κ3) is 9.27. The molecule has 0 aliphatic carbocycles. The van der Waals surface area contributed by atoms with Crippen LogP contribution in [0.5, 0.6) is 5.75 Å². The molecule has 1 aromatic rings. The summed E-state index contributed by atoms with van der Waals surface area (Å²) in [6.45, 7) is 4.41. The van der Waals surface area contributed by atoms with Gasteiger partial charge in [-0.3, -0.25) is 14.4 Å². The number of ether oxygens (including phenoxy) is 2. The molecule has 0 fully saturated rings. The minimum Gasteiger partial charge on any atom is -0.484 e. The molecule has 0 heterocycles. The van der Waals surface area contributed by atoms with Crippen LogP contribution in [0.2, 0.25) is 5.02 Å². The van der Waals surface area contributed by atoms with Crippen molar-refractivity contribution in [3.05, 3.63) is 29.3 Å². The molecule has 1 rings (SSSR count). The van der Waals surface area contributed by atoms with Crippen LogP contribution in [-0.2, 0) is 19.1 Å². The number of benzene rings is 1. The first-order valence-corrected chi connectivity index (χ1v) is 8.86. The molecule has 144 valence electrons. The van der Waals surface area contributed by atoms with E-state index in [0.717, 1.165) is 0 Å². The number of carbonyl (C=O) groups excluding carboxylic acids is 3. The van der Waals surface area contributed by atoms with Gasteiger partial charge in [-0.2, -0.15) is 0 Å². The lowest BCUT2D eigenvalue weighted by Crippen LogP contribution is -2.38. The predicted molar refractivity (Wildman–Crippen MR) is 98.1 cm³/mol. The standard InChI is InChI=1S/C18H25ClN2O5/c1-3-25-18(24)9-12-21(11-4-10-20-14(2)22)17(23)13-26-16-7-5-15(19)6-8-16/h5-8H,3-4,9-13H2,1-2H3,(H,20,22). The quantitative estimate of drug-likeness (QED) is 0.466. The summed E-state index contributed by atoms with van der Waals surface area (Å²) >= 11 is 5.81. The molecule has 8 heteroatoms. The van der Waals surface area contributed by atoms with Crippen molar-refractivity contribution < 1.29 is 23.9 Å².